The molecule has 3 N–H and O–H groups in total. The molecular weight excluding hydrogens is 426 g/mol. The zero-order valence-electron chi connectivity index (χ0n) is 14.9. The topological polar surface area (TPSA) is 112 Å². The molecule has 1 amide bonds. The van der Waals surface area contributed by atoms with E-state index in [2.05, 4.69) is 46.4 Å². The highest BCUT2D eigenvalue weighted by Gasteiger charge is 2.27. The van der Waals surface area contributed by atoms with Gasteiger partial charge in [0.15, 0.2) is 0 Å². The van der Waals surface area contributed by atoms with Crippen molar-refractivity contribution in [2.75, 3.05) is 25.5 Å². The van der Waals surface area contributed by atoms with Gasteiger partial charge in [-0.1, -0.05) is 0 Å². The van der Waals surface area contributed by atoms with Gasteiger partial charge in [0.05, 0.1) is 34.4 Å². The summed E-state index contributed by atoms with van der Waals surface area (Å²) in [7, 11) is 1.61. The standard InChI is InChI=1S/C18H16BrN7O2/c1-28-12-6-10-9(7-22-25-10)5-11(12)23-16-13-14(19)15(18(27)26-3-2-4-26)24-17(13)21-8-20-16/h5-8H,2-4H2,1H3,(H,22,25)(H2,20,21,23,24). The Kier molecular flexibility index (Phi) is 3.93. The number of H-pyrrole nitrogens is 2. The molecule has 1 aliphatic heterocycles. The summed E-state index contributed by atoms with van der Waals surface area (Å²) in [6.45, 7) is 1.55. The fraction of sp³-hybridized carbons (Fsp3) is 0.222. The van der Waals surface area contributed by atoms with Crippen molar-refractivity contribution >= 4 is 55.3 Å². The number of aromatic nitrogens is 5. The van der Waals surface area contributed by atoms with Gasteiger partial charge >= 0.3 is 0 Å². The van der Waals surface area contributed by atoms with Crippen LogP contribution in [0, 0.1) is 0 Å². The Morgan fingerprint density at radius 3 is 2.93 bits per heavy atom. The normalized spacial score (nSPS) is 13.7. The van der Waals surface area contributed by atoms with E-state index in [1.165, 1.54) is 6.33 Å². The molecule has 0 saturated carbocycles. The number of nitrogens with zero attached hydrogens (tertiary/aromatic N) is 4. The third-order valence-electron chi connectivity index (χ3n) is 4.90. The van der Waals surface area contributed by atoms with E-state index in [0.717, 1.165) is 36.1 Å². The molecule has 0 radical (unpaired) electrons. The van der Waals surface area contributed by atoms with Crippen LogP contribution in [0.5, 0.6) is 5.75 Å². The number of benzene rings is 1. The van der Waals surface area contributed by atoms with Gasteiger partial charge in [-0.3, -0.25) is 9.89 Å². The molecule has 0 spiro atoms. The zero-order chi connectivity index (χ0) is 19.3. The van der Waals surface area contributed by atoms with Crippen molar-refractivity contribution in [3.05, 3.63) is 34.8 Å². The van der Waals surface area contributed by atoms with Crippen LogP contribution in [0.1, 0.15) is 16.9 Å². The van der Waals surface area contributed by atoms with E-state index in [0.29, 0.717) is 32.8 Å². The van der Waals surface area contributed by atoms with E-state index in [4.69, 9.17) is 4.74 Å². The lowest BCUT2D eigenvalue weighted by molar-refractivity contribution is 0.0645. The van der Waals surface area contributed by atoms with Crippen LogP contribution in [0.3, 0.4) is 0 Å². The van der Waals surface area contributed by atoms with Gasteiger partial charge in [0.1, 0.15) is 29.2 Å². The minimum Gasteiger partial charge on any atom is -0.494 e. The molecule has 5 rings (SSSR count). The van der Waals surface area contributed by atoms with Crippen molar-refractivity contribution in [2.45, 2.75) is 6.42 Å². The number of nitrogens with one attached hydrogen (secondary N) is 3. The van der Waals surface area contributed by atoms with Crippen LogP contribution in [-0.4, -0.2) is 56.2 Å². The number of halogens is 1. The van der Waals surface area contributed by atoms with Crippen LogP contribution < -0.4 is 10.1 Å². The second kappa shape index (κ2) is 6.48. The highest BCUT2D eigenvalue weighted by molar-refractivity contribution is 9.10. The number of amides is 1. The second-order valence-corrected chi connectivity index (χ2v) is 7.33. The largest absolute Gasteiger partial charge is 0.494 e. The number of ether oxygens (including phenoxy) is 1. The molecule has 1 fully saturated rings. The summed E-state index contributed by atoms with van der Waals surface area (Å²) in [5.74, 6) is 1.17. The maximum absolute atomic E-state index is 12.7. The Balaban J connectivity index is 1.59. The van der Waals surface area contributed by atoms with Gasteiger partial charge in [-0.05, 0) is 28.4 Å². The number of carbonyl (C=O) groups excluding carboxylic acids is 1. The second-order valence-electron chi connectivity index (χ2n) is 6.54. The van der Waals surface area contributed by atoms with Gasteiger partial charge in [0.25, 0.3) is 5.91 Å². The van der Waals surface area contributed by atoms with Crippen molar-refractivity contribution in [2.24, 2.45) is 0 Å². The highest BCUT2D eigenvalue weighted by atomic mass is 79.9. The molecular formula is C18H16BrN7O2. The summed E-state index contributed by atoms with van der Waals surface area (Å²) in [4.78, 5) is 26.2. The molecule has 10 heteroatoms. The maximum Gasteiger partial charge on any atom is 0.271 e. The average molecular weight is 442 g/mol. The fourth-order valence-corrected chi connectivity index (χ4v) is 3.92. The van der Waals surface area contributed by atoms with Gasteiger partial charge in [0.2, 0.25) is 0 Å². The van der Waals surface area contributed by atoms with E-state index in [-0.39, 0.29) is 5.91 Å². The Morgan fingerprint density at radius 1 is 1.32 bits per heavy atom. The summed E-state index contributed by atoms with van der Waals surface area (Å²) >= 11 is 3.56. The first-order chi connectivity index (χ1) is 13.7. The molecule has 0 unspecified atom stereocenters. The number of fused-ring (bicyclic) bond motifs is 2. The predicted octanol–water partition coefficient (Wildman–Crippen LogP) is 3.19. The van der Waals surface area contributed by atoms with Gasteiger partial charge in [-0.15, -0.1) is 0 Å². The lowest BCUT2D eigenvalue weighted by atomic mass is 10.2. The Hall–Kier alpha value is -3.14. The van der Waals surface area contributed by atoms with E-state index in [9.17, 15) is 4.79 Å². The lowest BCUT2D eigenvalue weighted by Gasteiger charge is -2.30. The van der Waals surface area contributed by atoms with E-state index in [1.54, 1.807) is 18.2 Å². The van der Waals surface area contributed by atoms with Crippen molar-refractivity contribution in [1.82, 2.24) is 30.0 Å². The molecule has 4 aromatic rings. The van der Waals surface area contributed by atoms with Gasteiger partial charge < -0.3 is 19.9 Å². The summed E-state index contributed by atoms with van der Waals surface area (Å²) in [6, 6.07) is 3.80. The molecule has 0 atom stereocenters. The molecule has 4 heterocycles. The van der Waals surface area contributed by atoms with E-state index in [1.807, 2.05) is 12.1 Å². The number of hydrogen-bond acceptors (Lipinski definition) is 6. The summed E-state index contributed by atoms with van der Waals surface area (Å²) in [5, 5.41) is 11.9. The molecule has 0 aliphatic carbocycles. The lowest BCUT2D eigenvalue weighted by Crippen LogP contribution is -2.42. The van der Waals surface area contributed by atoms with Crippen molar-refractivity contribution < 1.29 is 9.53 Å². The molecule has 1 aliphatic rings. The molecule has 3 aromatic heterocycles. The minimum atomic E-state index is -0.0422. The number of methoxy groups -OCH3 is 1. The number of rotatable bonds is 4. The first-order valence-electron chi connectivity index (χ1n) is 8.75. The van der Waals surface area contributed by atoms with Crippen LogP contribution in [0.2, 0.25) is 0 Å². The van der Waals surface area contributed by atoms with Crippen LogP contribution in [-0.2, 0) is 0 Å². The van der Waals surface area contributed by atoms with Gasteiger partial charge in [-0.2, -0.15) is 5.10 Å². The average Bonchev–Trinajstić information content (AvgIpc) is 3.24. The van der Waals surface area contributed by atoms with Crippen molar-refractivity contribution in [3.63, 3.8) is 0 Å². The van der Waals surface area contributed by atoms with Crippen LogP contribution in [0.25, 0.3) is 21.9 Å². The summed E-state index contributed by atoms with van der Waals surface area (Å²) < 4.78 is 6.14. The number of aromatic amines is 2. The van der Waals surface area contributed by atoms with E-state index < -0.39 is 0 Å². The number of carbonyl (C=O) groups is 1. The minimum absolute atomic E-state index is 0.0422. The quantitative estimate of drug-likeness (QED) is 0.448. The maximum atomic E-state index is 12.7. The van der Waals surface area contributed by atoms with Crippen LogP contribution in [0.15, 0.2) is 29.1 Å². The molecule has 1 aromatic carbocycles. The fourth-order valence-electron chi connectivity index (χ4n) is 3.27. The van der Waals surface area contributed by atoms with Crippen LogP contribution >= 0.6 is 15.9 Å². The Bertz CT molecular complexity index is 1210. The summed E-state index contributed by atoms with van der Waals surface area (Å²) in [6.07, 6.45) is 4.23. The third kappa shape index (κ3) is 2.60. The summed E-state index contributed by atoms with van der Waals surface area (Å²) in [5.41, 5.74) is 2.67. The first-order valence-corrected chi connectivity index (χ1v) is 9.54. The monoisotopic (exact) mass is 441 g/mol. The molecule has 1 saturated heterocycles. The number of hydrogen-bond donors (Lipinski definition) is 3. The molecule has 142 valence electrons. The highest BCUT2D eigenvalue weighted by Crippen LogP contribution is 2.37. The van der Waals surface area contributed by atoms with Crippen molar-refractivity contribution in [1.29, 1.82) is 0 Å². The zero-order valence-corrected chi connectivity index (χ0v) is 16.5. The molecule has 28 heavy (non-hydrogen) atoms. The Labute approximate surface area is 167 Å². The van der Waals surface area contributed by atoms with Crippen LogP contribution in [0.4, 0.5) is 11.5 Å². The third-order valence-corrected chi connectivity index (χ3v) is 5.69. The van der Waals surface area contributed by atoms with Gasteiger partial charge in [0, 0.05) is 24.5 Å². The van der Waals surface area contributed by atoms with Gasteiger partial charge in [-0.25, -0.2) is 9.97 Å². The van der Waals surface area contributed by atoms with Crippen molar-refractivity contribution in [3.8, 4) is 5.75 Å². The Morgan fingerprint density at radius 2 is 2.18 bits per heavy atom. The predicted molar refractivity (Wildman–Crippen MR) is 108 cm³/mol. The van der Waals surface area contributed by atoms with E-state index >= 15 is 0 Å². The smallest absolute Gasteiger partial charge is 0.271 e. The molecule has 9 nitrogen and oxygen atoms in total. The number of anilines is 2. The first kappa shape index (κ1) is 17.0. The number of likely N-dealkylation sites (tertiary alicyclic amines) is 1. The SMILES string of the molecule is COc1cc2[nH]ncc2cc1Nc1ncnc2[nH]c(C(=O)N3CCC3)c(Br)c12. The molecule has 0 bridgehead atoms.